The highest BCUT2D eigenvalue weighted by molar-refractivity contribution is 7.88. The third-order valence-corrected chi connectivity index (χ3v) is 6.40. The summed E-state index contributed by atoms with van der Waals surface area (Å²) >= 11 is 0. The lowest BCUT2D eigenvalue weighted by atomic mass is 9.72. The Labute approximate surface area is 137 Å². The fourth-order valence-electron chi connectivity index (χ4n) is 3.66. The van der Waals surface area contributed by atoms with Gasteiger partial charge in [0.1, 0.15) is 0 Å². The molecule has 3 rings (SSSR count). The average molecular weight is 337 g/mol. The molecule has 1 amide bonds. The summed E-state index contributed by atoms with van der Waals surface area (Å²) in [5, 5.41) is 0. The van der Waals surface area contributed by atoms with Gasteiger partial charge < -0.3 is 4.90 Å². The number of aromatic nitrogens is 1. The molecule has 0 atom stereocenters. The fourth-order valence-corrected chi connectivity index (χ4v) is 4.50. The number of hydrogen-bond donors (Lipinski definition) is 0. The molecule has 23 heavy (non-hydrogen) atoms. The highest BCUT2D eigenvalue weighted by atomic mass is 32.2. The van der Waals surface area contributed by atoms with Crippen molar-refractivity contribution in [3.05, 3.63) is 30.1 Å². The van der Waals surface area contributed by atoms with E-state index in [4.69, 9.17) is 0 Å². The molecule has 0 aliphatic carbocycles. The number of amides is 1. The summed E-state index contributed by atoms with van der Waals surface area (Å²) in [6.45, 7) is 2.43. The van der Waals surface area contributed by atoms with E-state index in [0.717, 1.165) is 31.4 Å². The zero-order valence-corrected chi connectivity index (χ0v) is 14.3. The highest BCUT2D eigenvalue weighted by Crippen LogP contribution is 2.41. The van der Waals surface area contributed by atoms with Crippen LogP contribution in [0.5, 0.6) is 0 Å². The smallest absolute Gasteiger partial charge is 0.222 e. The SMILES string of the molecule is CS(=O)(=O)N1CCC2(CCC(=O)N(Cc3cccnc3)C2)CC1. The number of carbonyl (C=O) groups is 1. The van der Waals surface area contributed by atoms with Crippen LogP contribution < -0.4 is 0 Å². The Balaban J connectivity index is 1.67. The van der Waals surface area contributed by atoms with Gasteiger partial charge in [-0.3, -0.25) is 9.78 Å². The third-order valence-electron chi connectivity index (χ3n) is 5.10. The van der Waals surface area contributed by atoms with Gasteiger partial charge in [-0.25, -0.2) is 12.7 Å². The predicted octanol–water partition coefficient (Wildman–Crippen LogP) is 1.25. The van der Waals surface area contributed by atoms with E-state index >= 15 is 0 Å². The van der Waals surface area contributed by atoms with Crippen LogP contribution in [-0.2, 0) is 21.4 Å². The second-order valence-electron chi connectivity index (χ2n) is 6.77. The Morgan fingerprint density at radius 1 is 1.26 bits per heavy atom. The summed E-state index contributed by atoms with van der Waals surface area (Å²) in [7, 11) is -3.11. The van der Waals surface area contributed by atoms with E-state index < -0.39 is 10.0 Å². The predicted molar refractivity (Wildman–Crippen MR) is 87.0 cm³/mol. The van der Waals surface area contributed by atoms with Gasteiger partial charge in [-0.05, 0) is 36.3 Å². The van der Waals surface area contributed by atoms with Crippen molar-refractivity contribution >= 4 is 15.9 Å². The van der Waals surface area contributed by atoms with E-state index in [1.165, 1.54) is 6.26 Å². The molecule has 1 spiro atoms. The first-order chi connectivity index (χ1) is 10.9. The van der Waals surface area contributed by atoms with E-state index in [1.54, 1.807) is 16.7 Å². The standard InChI is InChI=1S/C16H23N3O3S/c1-23(21,22)19-9-6-16(7-10-19)5-4-15(20)18(13-16)12-14-3-2-8-17-11-14/h2-3,8,11H,4-7,9-10,12-13H2,1H3. The number of pyridine rings is 1. The Morgan fingerprint density at radius 3 is 2.61 bits per heavy atom. The van der Waals surface area contributed by atoms with Gasteiger partial charge in [0.25, 0.3) is 0 Å². The summed E-state index contributed by atoms with van der Waals surface area (Å²) < 4.78 is 24.9. The van der Waals surface area contributed by atoms with Gasteiger partial charge in [-0.1, -0.05) is 6.07 Å². The van der Waals surface area contributed by atoms with Gasteiger partial charge >= 0.3 is 0 Å². The van der Waals surface area contributed by atoms with E-state index in [-0.39, 0.29) is 11.3 Å². The van der Waals surface area contributed by atoms with Crippen LogP contribution in [0.15, 0.2) is 24.5 Å². The van der Waals surface area contributed by atoms with Gasteiger partial charge in [-0.15, -0.1) is 0 Å². The maximum absolute atomic E-state index is 12.2. The van der Waals surface area contributed by atoms with Gasteiger partial charge in [0.05, 0.1) is 6.26 Å². The summed E-state index contributed by atoms with van der Waals surface area (Å²) in [5.74, 6) is 0.185. The van der Waals surface area contributed by atoms with E-state index in [0.29, 0.717) is 26.1 Å². The van der Waals surface area contributed by atoms with Crippen LogP contribution in [0.25, 0.3) is 0 Å². The normalized spacial score (nSPS) is 22.5. The van der Waals surface area contributed by atoms with E-state index in [9.17, 15) is 13.2 Å². The lowest BCUT2D eigenvalue weighted by Gasteiger charge is -2.47. The van der Waals surface area contributed by atoms with Crippen LogP contribution in [-0.4, -0.2) is 54.4 Å². The topological polar surface area (TPSA) is 70.6 Å². The van der Waals surface area contributed by atoms with Crippen molar-refractivity contribution in [1.29, 1.82) is 0 Å². The molecule has 0 saturated carbocycles. The molecule has 0 N–H and O–H groups in total. The number of carbonyl (C=O) groups excluding carboxylic acids is 1. The molecule has 126 valence electrons. The molecule has 1 aromatic rings. The molecule has 6 nitrogen and oxygen atoms in total. The van der Waals surface area contributed by atoms with Gasteiger partial charge in [0, 0.05) is 45.0 Å². The third kappa shape index (κ3) is 3.72. The minimum Gasteiger partial charge on any atom is -0.338 e. The number of likely N-dealkylation sites (tertiary alicyclic amines) is 1. The van der Waals surface area contributed by atoms with Crippen molar-refractivity contribution in [2.45, 2.75) is 32.2 Å². The first kappa shape index (κ1) is 16.4. The van der Waals surface area contributed by atoms with Crippen LogP contribution >= 0.6 is 0 Å². The van der Waals surface area contributed by atoms with Crippen molar-refractivity contribution < 1.29 is 13.2 Å². The second kappa shape index (κ2) is 6.20. The lowest BCUT2D eigenvalue weighted by Crippen LogP contribution is -2.51. The number of hydrogen-bond acceptors (Lipinski definition) is 4. The van der Waals surface area contributed by atoms with Crippen LogP contribution in [0.2, 0.25) is 0 Å². The van der Waals surface area contributed by atoms with Gasteiger partial charge in [0.2, 0.25) is 15.9 Å². The molecule has 7 heteroatoms. The molecular weight excluding hydrogens is 314 g/mol. The monoisotopic (exact) mass is 337 g/mol. The van der Waals surface area contributed by atoms with Crippen LogP contribution in [0.3, 0.4) is 0 Å². The molecular formula is C16H23N3O3S. The van der Waals surface area contributed by atoms with Crippen LogP contribution in [0.1, 0.15) is 31.2 Å². The quantitative estimate of drug-likeness (QED) is 0.832. The van der Waals surface area contributed by atoms with Crippen molar-refractivity contribution in [3.63, 3.8) is 0 Å². The van der Waals surface area contributed by atoms with Crippen LogP contribution in [0, 0.1) is 5.41 Å². The minimum atomic E-state index is -3.11. The number of nitrogens with zero attached hydrogens (tertiary/aromatic N) is 3. The number of sulfonamides is 1. The lowest BCUT2D eigenvalue weighted by molar-refractivity contribution is -0.139. The second-order valence-corrected chi connectivity index (χ2v) is 8.76. The Hall–Kier alpha value is -1.47. The van der Waals surface area contributed by atoms with Gasteiger partial charge in [-0.2, -0.15) is 0 Å². The zero-order valence-electron chi connectivity index (χ0n) is 13.4. The molecule has 2 aliphatic rings. The minimum absolute atomic E-state index is 0.0668. The summed E-state index contributed by atoms with van der Waals surface area (Å²) in [4.78, 5) is 18.3. The van der Waals surface area contributed by atoms with E-state index in [2.05, 4.69) is 4.98 Å². The molecule has 2 fully saturated rings. The van der Waals surface area contributed by atoms with Crippen molar-refractivity contribution in [2.24, 2.45) is 5.41 Å². The first-order valence-electron chi connectivity index (χ1n) is 8.00. The summed E-state index contributed by atoms with van der Waals surface area (Å²) in [6.07, 6.45) is 7.87. The highest BCUT2D eigenvalue weighted by Gasteiger charge is 2.42. The average Bonchev–Trinajstić information content (AvgIpc) is 2.52. The summed E-state index contributed by atoms with van der Waals surface area (Å²) in [5.41, 5.74) is 1.10. The summed E-state index contributed by atoms with van der Waals surface area (Å²) in [6, 6.07) is 3.86. The maximum Gasteiger partial charge on any atom is 0.222 e. The van der Waals surface area contributed by atoms with Crippen molar-refractivity contribution in [1.82, 2.24) is 14.2 Å². The van der Waals surface area contributed by atoms with Crippen molar-refractivity contribution in [3.8, 4) is 0 Å². The molecule has 0 aromatic carbocycles. The van der Waals surface area contributed by atoms with Crippen LogP contribution in [0.4, 0.5) is 0 Å². The molecule has 0 bridgehead atoms. The Morgan fingerprint density at radius 2 is 2.00 bits per heavy atom. The fraction of sp³-hybridized carbons (Fsp3) is 0.625. The zero-order chi connectivity index (χ0) is 16.5. The first-order valence-corrected chi connectivity index (χ1v) is 9.85. The Kier molecular flexibility index (Phi) is 4.42. The number of rotatable bonds is 3. The molecule has 3 heterocycles. The molecule has 2 saturated heterocycles. The maximum atomic E-state index is 12.2. The van der Waals surface area contributed by atoms with E-state index in [1.807, 2.05) is 17.0 Å². The molecule has 2 aliphatic heterocycles. The van der Waals surface area contributed by atoms with Crippen molar-refractivity contribution in [2.75, 3.05) is 25.9 Å². The van der Waals surface area contributed by atoms with Gasteiger partial charge in [0.15, 0.2) is 0 Å². The Bertz CT molecular complexity index is 667. The molecule has 1 aromatic heterocycles. The largest absolute Gasteiger partial charge is 0.338 e. The molecule has 0 unspecified atom stereocenters. The molecule has 0 radical (unpaired) electrons. The number of piperidine rings is 2.